The molecule has 14 heteroatoms. The molecule has 1 heterocycles. The molecule has 0 spiro atoms. The third kappa shape index (κ3) is 5.28. The molecule has 1 aromatic carbocycles. The summed E-state index contributed by atoms with van der Waals surface area (Å²) in [6.07, 6.45) is -0.741. The third-order valence-electron chi connectivity index (χ3n) is 9.46. The van der Waals surface area contributed by atoms with Crippen molar-refractivity contribution in [2.45, 2.75) is 58.2 Å². The average Bonchev–Trinajstić information content (AvgIpc) is 2.82. The van der Waals surface area contributed by atoms with Crippen LogP contribution in [0.25, 0.3) is 0 Å². The van der Waals surface area contributed by atoms with E-state index in [4.69, 9.17) is 28.9 Å². The van der Waals surface area contributed by atoms with Crippen molar-refractivity contribution < 1.29 is 31.9 Å². The van der Waals surface area contributed by atoms with Crippen LogP contribution in [0.15, 0.2) is 12.1 Å². The fourth-order valence-corrected chi connectivity index (χ4v) is 10.2. The molecule has 0 aromatic heterocycles. The smallest absolute Gasteiger partial charge is 0.369 e. The number of carbonyl (C=O) groups is 2. The maximum atomic E-state index is 13.4. The molecular formula is C26H35Cl2F3N4O4S. The highest BCUT2D eigenvalue weighted by Gasteiger charge is 2.58. The molecule has 2 amide bonds. The predicted octanol–water partition coefficient (Wildman–Crippen LogP) is 5.78. The highest BCUT2D eigenvalue weighted by Crippen LogP contribution is 2.60. The standard InChI is InChI=1S/C26H35Cl2F3N4O4S/c1-13(2)17-10-34(40(38,39)35(11-17)23-19(27)5-18(6-20(23)28)26(29,30)31)12-21(36)33-22-15-3-14-4-16(22)9-25(7-14,8-15)24(32)37/h5-6,13-17,22,38-39H,3-4,7-12H2,1-2H3,(H2,32,37)(H,33,36). The maximum Gasteiger partial charge on any atom is 0.416 e. The Bertz CT molecular complexity index is 1160. The summed E-state index contributed by atoms with van der Waals surface area (Å²) in [6.45, 7) is 3.81. The van der Waals surface area contributed by atoms with Gasteiger partial charge in [0.1, 0.15) is 0 Å². The van der Waals surface area contributed by atoms with E-state index in [0.717, 1.165) is 23.6 Å². The van der Waals surface area contributed by atoms with Crippen molar-refractivity contribution in [3.05, 3.63) is 27.7 Å². The molecule has 224 valence electrons. The molecule has 4 aliphatic carbocycles. The third-order valence-corrected chi connectivity index (χ3v) is 11.9. The zero-order valence-electron chi connectivity index (χ0n) is 22.3. The van der Waals surface area contributed by atoms with Gasteiger partial charge in [0.2, 0.25) is 11.8 Å². The molecule has 0 radical (unpaired) electrons. The second kappa shape index (κ2) is 10.4. The number of primary amides is 1. The van der Waals surface area contributed by atoms with Crippen LogP contribution in [-0.4, -0.2) is 50.9 Å². The van der Waals surface area contributed by atoms with E-state index in [1.807, 2.05) is 13.8 Å². The lowest BCUT2D eigenvalue weighted by Gasteiger charge is -2.59. The van der Waals surface area contributed by atoms with Gasteiger partial charge in [0.15, 0.2) is 0 Å². The molecule has 8 nitrogen and oxygen atoms in total. The summed E-state index contributed by atoms with van der Waals surface area (Å²) in [7, 11) is -3.86. The lowest BCUT2D eigenvalue weighted by molar-refractivity contribution is -0.147. The van der Waals surface area contributed by atoms with E-state index >= 15 is 0 Å². The van der Waals surface area contributed by atoms with Gasteiger partial charge in [-0.1, -0.05) is 37.0 Å². The lowest BCUT2D eigenvalue weighted by atomic mass is 9.47. The van der Waals surface area contributed by atoms with Crippen LogP contribution in [0.5, 0.6) is 0 Å². The number of carbonyl (C=O) groups excluding carboxylic acids is 2. The predicted molar refractivity (Wildman–Crippen MR) is 149 cm³/mol. The highest BCUT2D eigenvalue weighted by atomic mass is 35.5. The van der Waals surface area contributed by atoms with Gasteiger partial charge in [-0.25, -0.2) is 0 Å². The van der Waals surface area contributed by atoms with Gasteiger partial charge >= 0.3 is 6.18 Å². The Balaban J connectivity index is 1.36. The Morgan fingerprint density at radius 1 is 1.12 bits per heavy atom. The molecule has 4 bridgehead atoms. The molecule has 5 fully saturated rings. The first-order valence-corrected chi connectivity index (χ1v) is 15.7. The Morgan fingerprint density at radius 3 is 2.20 bits per heavy atom. The van der Waals surface area contributed by atoms with E-state index in [9.17, 15) is 31.9 Å². The van der Waals surface area contributed by atoms with Crippen LogP contribution in [0.4, 0.5) is 18.9 Å². The molecular weight excluding hydrogens is 592 g/mol. The number of benzene rings is 1. The summed E-state index contributed by atoms with van der Waals surface area (Å²) >= 11 is 12.5. The molecule has 5 N–H and O–H groups in total. The van der Waals surface area contributed by atoms with E-state index < -0.39 is 28.1 Å². The number of nitrogens with zero attached hydrogens (tertiary/aromatic N) is 2. The number of nitrogens with one attached hydrogen (secondary N) is 1. The molecule has 6 rings (SSSR count). The zero-order chi connectivity index (χ0) is 29.4. The number of nitrogens with two attached hydrogens (primary N) is 1. The molecule has 1 aromatic rings. The van der Waals surface area contributed by atoms with Crippen molar-refractivity contribution in [3.8, 4) is 0 Å². The molecule has 3 unspecified atom stereocenters. The highest BCUT2D eigenvalue weighted by molar-refractivity contribution is 8.23. The van der Waals surface area contributed by atoms with Crippen molar-refractivity contribution >= 4 is 51.7 Å². The van der Waals surface area contributed by atoms with Gasteiger partial charge in [0, 0.05) is 24.5 Å². The van der Waals surface area contributed by atoms with Crippen LogP contribution in [0, 0.1) is 35.0 Å². The van der Waals surface area contributed by atoms with Crippen molar-refractivity contribution in [2.75, 3.05) is 23.9 Å². The molecule has 1 aliphatic heterocycles. The number of anilines is 1. The Labute approximate surface area is 243 Å². The minimum absolute atomic E-state index is 0.0463. The van der Waals surface area contributed by atoms with Gasteiger partial charge in [-0.2, -0.15) is 17.5 Å². The number of rotatable bonds is 6. The van der Waals surface area contributed by atoms with E-state index in [-0.39, 0.29) is 76.9 Å². The van der Waals surface area contributed by atoms with Crippen LogP contribution >= 0.6 is 34.2 Å². The first kappa shape index (κ1) is 30.0. The summed E-state index contributed by atoms with van der Waals surface area (Å²) < 4.78 is 65.1. The van der Waals surface area contributed by atoms with Crippen LogP contribution in [0.2, 0.25) is 10.0 Å². The first-order chi connectivity index (χ1) is 18.5. The first-order valence-electron chi connectivity index (χ1n) is 13.5. The summed E-state index contributed by atoms with van der Waals surface area (Å²) in [6, 6.07) is 1.29. The van der Waals surface area contributed by atoms with E-state index in [1.165, 1.54) is 4.31 Å². The van der Waals surface area contributed by atoms with Gasteiger partial charge in [-0.15, -0.1) is 0 Å². The Kier molecular flexibility index (Phi) is 7.79. The Morgan fingerprint density at radius 2 is 1.70 bits per heavy atom. The van der Waals surface area contributed by atoms with Gasteiger partial charge in [-0.3, -0.25) is 23.0 Å². The quantitative estimate of drug-likeness (QED) is 0.318. The summed E-state index contributed by atoms with van der Waals surface area (Å²) in [4.78, 5) is 25.6. The van der Waals surface area contributed by atoms with E-state index in [2.05, 4.69) is 5.32 Å². The minimum atomic E-state index is -4.68. The maximum absolute atomic E-state index is 13.4. The fraction of sp³-hybridized carbons (Fsp3) is 0.692. The second-order valence-electron chi connectivity index (χ2n) is 12.4. The molecule has 3 atom stereocenters. The number of hydrogen-bond donors (Lipinski definition) is 4. The van der Waals surface area contributed by atoms with Crippen LogP contribution in [0.3, 0.4) is 0 Å². The average molecular weight is 628 g/mol. The number of hydrogen-bond acceptors (Lipinski definition) is 6. The molecule has 1 saturated heterocycles. The van der Waals surface area contributed by atoms with Gasteiger partial charge in [0.25, 0.3) is 0 Å². The van der Waals surface area contributed by atoms with E-state index in [0.29, 0.717) is 30.9 Å². The summed E-state index contributed by atoms with van der Waals surface area (Å²) in [5, 5.41) is 2.37. The monoisotopic (exact) mass is 626 g/mol. The number of amides is 2. The SMILES string of the molecule is CC(C)C1CN(CC(=O)NC2C3CC4CC2CC(C(N)=O)(C4)C3)S(O)(O)N(c2c(Cl)cc(C(F)(F)F)cc2Cl)C1. The summed E-state index contributed by atoms with van der Waals surface area (Å²) in [5.74, 6) is -0.0865. The largest absolute Gasteiger partial charge is 0.416 e. The normalized spacial score (nSPS) is 34.2. The molecule has 40 heavy (non-hydrogen) atoms. The van der Waals surface area contributed by atoms with Gasteiger partial charge in [-0.05, 0) is 84.8 Å². The molecule has 5 aliphatic rings. The Hall–Kier alpha value is -1.44. The van der Waals surface area contributed by atoms with Crippen LogP contribution in [-0.2, 0) is 15.8 Å². The fourth-order valence-electron chi connectivity index (χ4n) is 7.58. The molecule has 4 saturated carbocycles. The minimum Gasteiger partial charge on any atom is -0.369 e. The van der Waals surface area contributed by atoms with Crippen LogP contribution in [0.1, 0.15) is 51.5 Å². The topological polar surface area (TPSA) is 119 Å². The van der Waals surface area contributed by atoms with Crippen molar-refractivity contribution in [1.82, 2.24) is 9.62 Å². The zero-order valence-corrected chi connectivity index (χ0v) is 24.6. The van der Waals surface area contributed by atoms with Gasteiger partial charge < -0.3 is 11.1 Å². The van der Waals surface area contributed by atoms with Crippen molar-refractivity contribution in [3.63, 3.8) is 0 Å². The second-order valence-corrected chi connectivity index (χ2v) is 15.1. The van der Waals surface area contributed by atoms with Gasteiger partial charge in [0.05, 0.1) is 27.8 Å². The van der Waals surface area contributed by atoms with Crippen molar-refractivity contribution in [1.29, 1.82) is 0 Å². The number of alkyl halides is 3. The van der Waals surface area contributed by atoms with E-state index in [1.54, 1.807) is 0 Å². The lowest BCUT2D eigenvalue weighted by Crippen LogP contribution is -2.63. The van der Waals surface area contributed by atoms with Crippen LogP contribution < -0.4 is 15.4 Å². The van der Waals surface area contributed by atoms with Crippen molar-refractivity contribution in [2.24, 2.45) is 40.7 Å². The number of halogens is 5. The summed E-state index contributed by atoms with van der Waals surface area (Å²) in [5.41, 5.74) is 4.11.